The van der Waals surface area contributed by atoms with Gasteiger partial charge in [0.15, 0.2) is 0 Å². The number of hydrogen-bond acceptors (Lipinski definition) is 3. The Balaban J connectivity index is 2.77. The molecule has 0 bridgehead atoms. The van der Waals surface area contributed by atoms with Gasteiger partial charge in [0.25, 0.3) is 5.91 Å². The molecule has 0 aliphatic rings. The molecular formula is C13H14N2O2. The van der Waals surface area contributed by atoms with Crippen molar-refractivity contribution in [3.63, 3.8) is 0 Å². The predicted molar refractivity (Wildman–Crippen MR) is 65.2 cm³/mol. The van der Waals surface area contributed by atoms with Gasteiger partial charge in [-0.3, -0.25) is 10.0 Å². The zero-order valence-corrected chi connectivity index (χ0v) is 10.0. The van der Waals surface area contributed by atoms with Crippen LogP contribution in [0.1, 0.15) is 27.2 Å². The van der Waals surface area contributed by atoms with Gasteiger partial charge in [-0.15, -0.1) is 0 Å². The maximum absolute atomic E-state index is 11.4. The second kappa shape index (κ2) is 4.14. The lowest BCUT2D eigenvalue weighted by Crippen LogP contribution is -2.20. The average Bonchev–Trinajstić information content (AvgIpc) is 2.26. The second-order valence-electron chi connectivity index (χ2n) is 4.24. The summed E-state index contributed by atoms with van der Waals surface area (Å²) >= 11 is 0. The highest BCUT2D eigenvalue weighted by Crippen LogP contribution is 2.23. The van der Waals surface area contributed by atoms with Gasteiger partial charge >= 0.3 is 0 Å². The molecule has 0 saturated carbocycles. The van der Waals surface area contributed by atoms with Crippen molar-refractivity contribution >= 4 is 16.8 Å². The number of benzene rings is 1. The molecule has 4 heteroatoms. The highest BCUT2D eigenvalue weighted by molar-refractivity contribution is 5.96. The van der Waals surface area contributed by atoms with Crippen LogP contribution >= 0.6 is 0 Å². The molecule has 1 aromatic heterocycles. The standard InChI is InChI=1S/C13H14N2O2/c1-7-4-8(2)12-9(3)6-11(13(16)15-17)14-10(12)5-7/h4-6,17H,1-3H3,(H,15,16). The topological polar surface area (TPSA) is 62.2 Å². The molecule has 1 amide bonds. The Kier molecular flexibility index (Phi) is 2.81. The summed E-state index contributed by atoms with van der Waals surface area (Å²) in [6, 6.07) is 5.70. The monoisotopic (exact) mass is 230 g/mol. The number of hydrogen-bond donors (Lipinski definition) is 2. The Bertz CT molecular complexity index is 606. The Morgan fingerprint density at radius 3 is 2.47 bits per heavy atom. The van der Waals surface area contributed by atoms with E-state index in [9.17, 15) is 4.79 Å². The van der Waals surface area contributed by atoms with Crippen molar-refractivity contribution in [2.45, 2.75) is 20.8 Å². The number of rotatable bonds is 1. The summed E-state index contributed by atoms with van der Waals surface area (Å²) in [6.07, 6.45) is 0. The summed E-state index contributed by atoms with van der Waals surface area (Å²) in [5, 5.41) is 9.68. The zero-order valence-electron chi connectivity index (χ0n) is 10.0. The molecular weight excluding hydrogens is 216 g/mol. The van der Waals surface area contributed by atoms with E-state index in [4.69, 9.17) is 5.21 Å². The number of fused-ring (bicyclic) bond motifs is 1. The number of nitrogens with one attached hydrogen (secondary N) is 1. The molecule has 0 atom stereocenters. The van der Waals surface area contributed by atoms with Crippen LogP contribution < -0.4 is 5.48 Å². The number of hydroxylamine groups is 1. The molecule has 0 aliphatic carbocycles. The van der Waals surface area contributed by atoms with Crippen LogP contribution in [-0.2, 0) is 0 Å². The van der Waals surface area contributed by atoms with Gasteiger partial charge in [-0.05, 0) is 49.6 Å². The van der Waals surface area contributed by atoms with E-state index in [0.717, 1.165) is 27.6 Å². The maximum Gasteiger partial charge on any atom is 0.293 e. The first-order chi connectivity index (χ1) is 8.02. The van der Waals surface area contributed by atoms with Crippen molar-refractivity contribution in [3.05, 3.63) is 40.6 Å². The summed E-state index contributed by atoms with van der Waals surface area (Å²) in [4.78, 5) is 15.6. The number of nitrogens with zero attached hydrogens (tertiary/aromatic N) is 1. The smallest absolute Gasteiger partial charge is 0.288 e. The van der Waals surface area contributed by atoms with E-state index in [2.05, 4.69) is 11.1 Å². The first-order valence-corrected chi connectivity index (χ1v) is 5.36. The predicted octanol–water partition coefficient (Wildman–Crippen LogP) is 2.28. The molecule has 0 fully saturated rings. The fraction of sp³-hybridized carbons (Fsp3) is 0.231. The Morgan fingerprint density at radius 2 is 1.82 bits per heavy atom. The molecule has 2 N–H and O–H groups in total. The Labute approximate surface area is 99.3 Å². The van der Waals surface area contributed by atoms with Crippen LogP contribution in [0.2, 0.25) is 0 Å². The molecule has 2 rings (SSSR count). The average molecular weight is 230 g/mol. The van der Waals surface area contributed by atoms with Gasteiger partial charge in [0, 0.05) is 5.39 Å². The largest absolute Gasteiger partial charge is 0.293 e. The van der Waals surface area contributed by atoms with Crippen molar-refractivity contribution in [1.82, 2.24) is 10.5 Å². The molecule has 1 heterocycles. The lowest BCUT2D eigenvalue weighted by Gasteiger charge is -2.09. The van der Waals surface area contributed by atoms with E-state index in [-0.39, 0.29) is 5.69 Å². The molecule has 1 aromatic carbocycles. The fourth-order valence-corrected chi connectivity index (χ4v) is 2.16. The summed E-state index contributed by atoms with van der Waals surface area (Å²) < 4.78 is 0. The summed E-state index contributed by atoms with van der Waals surface area (Å²) in [6.45, 7) is 5.94. The Morgan fingerprint density at radius 1 is 1.18 bits per heavy atom. The maximum atomic E-state index is 11.4. The van der Waals surface area contributed by atoms with Crippen LogP contribution in [0.5, 0.6) is 0 Å². The number of carbonyl (C=O) groups excluding carboxylic acids is 1. The van der Waals surface area contributed by atoms with Gasteiger partial charge in [0.05, 0.1) is 5.52 Å². The van der Waals surface area contributed by atoms with Crippen molar-refractivity contribution in [1.29, 1.82) is 0 Å². The third-order valence-corrected chi connectivity index (χ3v) is 2.78. The van der Waals surface area contributed by atoms with E-state index < -0.39 is 5.91 Å². The van der Waals surface area contributed by atoms with Gasteiger partial charge < -0.3 is 0 Å². The quantitative estimate of drug-likeness (QED) is 0.583. The van der Waals surface area contributed by atoms with Crippen LogP contribution in [0.4, 0.5) is 0 Å². The minimum Gasteiger partial charge on any atom is -0.288 e. The van der Waals surface area contributed by atoms with Crippen LogP contribution in [0.25, 0.3) is 10.9 Å². The zero-order chi connectivity index (χ0) is 12.6. The van der Waals surface area contributed by atoms with Gasteiger partial charge in [-0.1, -0.05) is 6.07 Å². The second-order valence-corrected chi connectivity index (χ2v) is 4.24. The van der Waals surface area contributed by atoms with E-state index in [1.165, 1.54) is 0 Å². The molecule has 0 saturated heterocycles. The minimum atomic E-state index is -0.589. The Hall–Kier alpha value is -1.94. The van der Waals surface area contributed by atoms with Crippen molar-refractivity contribution in [2.75, 3.05) is 0 Å². The van der Waals surface area contributed by atoms with Gasteiger partial charge in [0.1, 0.15) is 5.69 Å². The third-order valence-electron chi connectivity index (χ3n) is 2.78. The van der Waals surface area contributed by atoms with Crippen molar-refractivity contribution in [2.24, 2.45) is 0 Å². The lowest BCUT2D eigenvalue weighted by molar-refractivity contribution is 0.0701. The molecule has 2 aromatic rings. The fourth-order valence-electron chi connectivity index (χ4n) is 2.16. The normalized spacial score (nSPS) is 10.6. The molecule has 4 nitrogen and oxygen atoms in total. The molecule has 0 aliphatic heterocycles. The number of carbonyl (C=O) groups is 1. The van der Waals surface area contributed by atoms with E-state index in [0.29, 0.717) is 0 Å². The number of aromatic nitrogens is 1. The first kappa shape index (κ1) is 11.5. The summed E-state index contributed by atoms with van der Waals surface area (Å²) in [5.41, 5.74) is 5.82. The van der Waals surface area contributed by atoms with E-state index >= 15 is 0 Å². The van der Waals surface area contributed by atoms with Crippen LogP contribution in [0, 0.1) is 20.8 Å². The lowest BCUT2D eigenvalue weighted by atomic mass is 10.0. The minimum absolute atomic E-state index is 0.225. The van der Waals surface area contributed by atoms with Crippen molar-refractivity contribution in [3.8, 4) is 0 Å². The summed E-state index contributed by atoms with van der Waals surface area (Å²) in [7, 11) is 0. The molecule has 88 valence electrons. The van der Waals surface area contributed by atoms with Crippen LogP contribution in [0.15, 0.2) is 18.2 Å². The van der Waals surface area contributed by atoms with Gasteiger partial charge in [0.2, 0.25) is 0 Å². The molecule has 0 spiro atoms. The van der Waals surface area contributed by atoms with E-state index in [1.54, 1.807) is 11.5 Å². The van der Waals surface area contributed by atoms with Gasteiger partial charge in [-0.25, -0.2) is 10.5 Å². The molecule has 0 unspecified atom stereocenters. The first-order valence-electron chi connectivity index (χ1n) is 5.36. The molecule has 0 radical (unpaired) electrons. The number of aryl methyl sites for hydroxylation is 3. The third kappa shape index (κ3) is 1.99. The molecule has 17 heavy (non-hydrogen) atoms. The SMILES string of the molecule is Cc1cc(C)c2c(C)cc(C(=O)NO)nc2c1. The van der Waals surface area contributed by atoms with Gasteiger partial charge in [-0.2, -0.15) is 0 Å². The van der Waals surface area contributed by atoms with Crippen LogP contribution in [0.3, 0.4) is 0 Å². The van der Waals surface area contributed by atoms with Crippen LogP contribution in [-0.4, -0.2) is 16.1 Å². The summed E-state index contributed by atoms with van der Waals surface area (Å²) in [5.74, 6) is -0.589. The highest BCUT2D eigenvalue weighted by Gasteiger charge is 2.11. The van der Waals surface area contributed by atoms with Crippen molar-refractivity contribution < 1.29 is 10.0 Å². The number of amides is 1. The highest BCUT2D eigenvalue weighted by atomic mass is 16.5. The van der Waals surface area contributed by atoms with E-state index in [1.807, 2.05) is 26.8 Å². The number of pyridine rings is 1.